The van der Waals surface area contributed by atoms with Gasteiger partial charge in [0.15, 0.2) is 5.01 Å². The Labute approximate surface area is 161 Å². The van der Waals surface area contributed by atoms with Crippen LogP contribution in [0.1, 0.15) is 25.2 Å². The van der Waals surface area contributed by atoms with Crippen molar-refractivity contribution < 1.29 is 27.8 Å². The van der Waals surface area contributed by atoms with Crippen LogP contribution in [0.2, 0.25) is 0 Å². The first-order chi connectivity index (χ1) is 13.5. The predicted octanol–water partition coefficient (Wildman–Crippen LogP) is 3.43. The third-order valence-corrected chi connectivity index (χ3v) is 4.38. The number of carbonyl (C=O) groups is 2. The summed E-state index contributed by atoms with van der Waals surface area (Å²) >= 11 is 0.922. The molecule has 7 nitrogen and oxygen atoms in total. The van der Waals surface area contributed by atoms with Gasteiger partial charge in [-0.15, -0.1) is 10.2 Å². The number of nitrogens with zero attached hydrogens (tertiary/aromatic N) is 2. The molecule has 3 rings (SSSR count). The molecule has 0 unspecified atom stereocenters. The molecule has 0 spiro atoms. The van der Waals surface area contributed by atoms with E-state index in [-0.39, 0.29) is 16.6 Å². The number of anilines is 1. The average Bonchev–Trinajstić information content (AvgIpc) is 3.16. The van der Waals surface area contributed by atoms with Crippen LogP contribution in [0.15, 0.2) is 42.5 Å². The number of carbonyl (C=O) groups excluding carboxylic acids is 2. The van der Waals surface area contributed by atoms with E-state index in [0.29, 0.717) is 17.5 Å². The van der Waals surface area contributed by atoms with E-state index in [1.807, 2.05) is 0 Å². The molecule has 0 aliphatic rings. The molecule has 0 fully saturated rings. The van der Waals surface area contributed by atoms with E-state index in [4.69, 9.17) is 9.47 Å². The molecular weight excluding hydrogens is 392 g/mol. The summed E-state index contributed by atoms with van der Waals surface area (Å²) in [5.74, 6) is -2.63. The molecule has 1 N–H and O–H groups in total. The Morgan fingerprint density at radius 2 is 1.86 bits per heavy atom. The van der Waals surface area contributed by atoms with Crippen molar-refractivity contribution in [3.05, 3.63) is 69.7 Å². The van der Waals surface area contributed by atoms with Gasteiger partial charge in [0.2, 0.25) is 5.01 Å². The number of rotatable bonds is 6. The Hall–Kier alpha value is -3.40. The number of aromatic nitrogens is 2. The number of esters is 1. The Morgan fingerprint density at radius 3 is 2.54 bits per heavy atom. The number of halogens is 2. The van der Waals surface area contributed by atoms with E-state index in [1.54, 1.807) is 24.3 Å². The predicted molar refractivity (Wildman–Crippen MR) is 96.3 cm³/mol. The fraction of sp³-hybridized carbons (Fsp3) is 0.111. The summed E-state index contributed by atoms with van der Waals surface area (Å²) in [5.41, 5.74) is 0.143. The molecule has 0 radical (unpaired) electrons. The van der Waals surface area contributed by atoms with E-state index in [1.165, 1.54) is 7.11 Å². The maximum Gasteiger partial charge on any atom is 0.341 e. The Bertz CT molecular complexity index is 1010. The van der Waals surface area contributed by atoms with Crippen LogP contribution in [-0.2, 0) is 11.3 Å². The van der Waals surface area contributed by atoms with Gasteiger partial charge in [0.05, 0.1) is 12.7 Å². The number of methoxy groups -OCH3 is 1. The molecule has 1 amide bonds. The van der Waals surface area contributed by atoms with Crippen molar-refractivity contribution in [2.75, 3.05) is 12.4 Å². The zero-order valence-corrected chi connectivity index (χ0v) is 15.3. The first-order valence-corrected chi connectivity index (χ1v) is 8.68. The van der Waals surface area contributed by atoms with Gasteiger partial charge in [-0.3, -0.25) is 4.79 Å². The number of hydrogen-bond acceptors (Lipinski definition) is 7. The third kappa shape index (κ3) is 4.65. The van der Waals surface area contributed by atoms with Gasteiger partial charge in [-0.2, -0.15) is 0 Å². The smallest absolute Gasteiger partial charge is 0.341 e. The van der Waals surface area contributed by atoms with E-state index >= 15 is 0 Å². The fourth-order valence-electron chi connectivity index (χ4n) is 2.12. The molecular formula is C18H13F2N3O4S. The Kier molecular flexibility index (Phi) is 5.90. The zero-order chi connectivity index (χ0) is 20.1. The molecule has 10 heteroatoms. The maximum absolute atomic E-state index is 13.6. The summed E-state index contributed by atoms with van der Waals surface area (Å²) in [6.45, 7) is -0.302. The van der Waals surface area contributed by atoms with Crippen molar-refractivity contribution in [2.24, 2.45) is 0 Å². The van der Waals surface area contributed by atoms with Crippen LogP contribution in [-0.4, -0.2) is 29.2 Å². The Morgan fingerprint density at radius 1 is 1.11 bits per heavy atom. The van der Waals surface area contributed by atoms with Crippen molar-refractivity contribution in [3.8, 4) is 5.75 Å². The van der Waals surface area contributed by atoms with Crippen molar-refractivity contribution in [1.82, 2.24) is 10.2 Å². The van der Waals surface area contributed by atoms with Crippen molar-refractivity contribution >= 4 is 28.9 Å². The highest BCUT2D eigenvalue weighted by Crippen LogP contribution is 2.18. The highest BCUT2D eigenvalue weighted by atomic mass is 32.1. The van der Waals surface area contributed by atoms with Gasteiger partial charge >= 0.3 is 5.97 Å². The minimum atomic E-state index is -1.03. The first kappa shape index (κ1) is 19.4. The van der Waals surface area contributed by atoms with Crippen LogP contribution in [0.4, 0.5) is 14.5 Å². The first-order valence-electron chi connectivity index (χ1n) is 7.86. The number of ether oxygens (including phenoxy) is 2. The summed E-state index contributed by atoms with van der Waals surface area (Å²) in [4.78, 5) is 24.1. The minimum absolute atomic E-state index is 0.0647. The fourth-order valence-corrected chi connectivity index (χ4v) is 2.77. The molecule has 28 heavy (non-hydrogen) atoms. The molecule has 0 aliphatic heterocycles. The standard InChI is InChI=1S/C18H13F2N3O4S/c1-26-12-5-3-11(4-6-12)21-16(24)17-23-22-15(28-17)9-27-18(25)13-7-2-10(19)8-14(13)20/h2-8H,9H2,1H3,(H,21,24). The van der Waals surface area contributed by atoms with Gasteiger partial charge in [-0.25, -0.2) is 13.6 Å². The molecule has 144 valence electrons. The second-order valence-electron chi connectivity index (χ2n) is 5.38. The number of amides is 1. The molecule has 0 atom stereocenters. The lowest BCUT2D eigenvalue weighted by Crippen LogP contribution is -2.11. The second-order valence-corrected chi connectivity index (χ2v) is 6.45. The second kappa shape index (κ2) is 8.53. The topological polar surface area (TPSA) is 90.4 Å². The number of nitrogens with one attached hydrogen (secondary N) is 1. The molecule has 2 aromatic carbocycles. The summed E-state index contributed by atoms with van der Waals surface area (Å²) in [6.07, 6.45) is 0. The quantitative estimate of drug-likeness (QED) is 0.632. The third-order valence-electron chi connectivity index (χ3n) is 3.49. The lowest BCUT2D eigenvalue weighted by molar-refractivity contribution is 0.0466. The van der Waals surface area contributed by atoms with Gasteiger partial charge < -0.3 is 14.8 Å². The number of hydrogen-bond donors (Lipinski definition) is 1. The van der Waals surface area contributed by atoms with Crippen molar-refractivity contribution in [3.63, 3.8) is 0 Å². The molecule has 0 aliphatic carbocycles. The van der Waals surface area contributed by atoms with E-state index < -0.39 is 29.1 Å². The monoisotopic (exact) mass is 405 g/mol. The summed E-state index contributed by atoms with van der Waals surface area (Å²) in [7, 11) is 1.54. The molecule has 3 aromatic rings. The van der Waals surface area contributed by atoms with Crippen LogP contribution in [0.25, 0.3) is 0 Å². The van der Waals surface area contributed by atoms with E-state index in [9.17, 15) is 18.4 Å². The van der Waals surface area contributed by atoms with Crippen LogP contribution < -0.4 is 10.1 Å². The molecule has 0 saturated carbocycles. The molecule has 1 heterocycles. The van der Waals surface area contributed by atoms with Gasteiger partial charge in [-0.05, 0) is 36.4 Å². The largest absolute Gasteiger partial charge is 0.497 e. The van der Waals surface area contributed by atoms with Gasteiger partial charge in [0.1, 0.15) is 24.0 Å². The van der Waals surface area contributed by atoms with Crippen LogP contribution >= 0.6 is 11.3 Å². The molecule has 1 aromatic heterocycles. The van der Waals surface area contributed by atoms with Gasteiger partial charge in [0, 0.05) is 11.8 Å². The van der Waals surface area contributed by atoms with Crippen LogP contribution in [0.5, 0.6) is 5.75 Å². The molecule has 0 saturated heterocycles. The maximum atomic E-state index is 13.6. The van der Waals surface area contributed by atoms with Crippen LogP contribution in [0.3, 0.4) is 0 Å². The van der Waals surface area contributed by atoms with Crippen LogP contribution in [0, 0.1) is 11.6 Å². The lowest BCUT2D eigenvalue weighted by atomic mass is 10.2. The van der Waals surface area contributed by atoms with Crippen molar-refractivity contribution in [1.29, 1.82) is 0 Å². The zero-order valence-electron chi connectivity index (χ0n) is 14.4. The van der Waals surface area contributed by atoms with Gasteiger partial charge in [0.25, 0.3) is 5.91 Å². The minimum Gasteiger partial charge on any atom is -0.497 e. The van der Waals surface area contributed by atoms with E-state index in [0.717, 1.165) is 23.5 Å². The van der Waals surface area contributed by atoms with E-state index in [2.05, 4.69) is 15.5 Å². The highest BCUT2D eigenvalue weighted by Gasteiger charge is 2.17. The lowest BCUT2D eigenvalue weighted by Gasteiger charge is -2.04. The summed E-state index contributed by atoms with van der Waals surface area (Å²) in [6, 6.07) is 9.23. The van der Waals surface area contributed by atoms with Crippen molar-refractivity contribution in [2.45, 2.75) is 6.61 Å². The average molecular weight is 405 g/mol. The molecule has 0 bridgehead atoms. The SMILES string of the molecule is COc1ccc(NC(=O)c2nnc(COC(=O)c3ccc(F)cc3F)s2)cc1. The highest BCUT2D eigenvalue weighted by molar-refractivity contribution is 7.13. The Balaban J connectivity index is 1.58. The summed E-state index contributed by atoms with van der Waals surface area (Å²) < 4.78 is 36.4. The van der Waals surface area contributed by atoms with Gasteiger partial charge in [-0.1, -0.05) is 11.3 Å². The number of benzene rings is 2. The normalized spacial score (nSPS) is 10.4. The summed E-state index contributed by atoms with van der Waals surface area (Å²) in [5, 5.41) is 10.5.